The molecule has 2 rings (SSSR count). The molecule has 0 aromatic heterocycles. The third-order valence-electron chi connectivity index (χ3n) is 2.89. The number of carbonyl (C=O) groups excluding carboxylic acids is 1. The van der Waals surface area contributed by atoms with Crippen molar-refractivity contribution < 1.29 is 4.79 Å². The fourth-order valence-electron chi connectivity index (χ4n) is 2.04. The summed E-state index contributed by atoms with van der Waals surface area (Å²) in [5.41, 5.74) is 2.93. The quantitative estimate of drug-likeness (QED) is 0.735. The summed E-state index contributed by atoms with van der Waals surface area (Å²) in [6.07, 6.45) is 0.858. The number of carbonyl (C=O) groups is 1. The van der Waals surface area contributed by atoms with Crippen LogP contribution in [0.1, 0.15) is 29.8 Å². The second-order valence-electron chi connectivity index (χ2n) is 4.51. The number of Topliss-reactive ketones (excluding diaryl/α,β-unsaturated/α-hetero) is 1. The van der Waals surface area contributed by atoms with Crippen LogP contribution in [0.15, 0.2) is 18.2 Å². The van der Waals surface area contributed by atoms with Crippen molar-refractivity contribution in [3.8, 4) is 0 Å². The molecule has 1 aromatic carbocycles. The predicted molar refractivity (Wildman–Crippen MR) is 57.8 cm³/mol. The lowest BCUT2D eigenvalue weighted by Crippen LogP contribution is -2.18. The van der Waals surface area contributed by atoms with Gasteiger partial charge in [0.1, 0.15) is 0 Å². The number of anilines is 1. The molecule has 14 heavy (non-hydrogen) atoms. The van der Waals surface area contributed by atoms with Gasteiger partial charge in [0.2, 0.25) is 0 Å². The summed E-state index contributed by atoms with van der Waals surface area (Å²) >= 11 is 0. The van der Waals surface area contributed by atoms with Gasteiger partial charge in [-0.1, -0.05) is 13.8 Å². The Balaban J connectivity index is 2.49. The normalized spacial score (nSPS) is 18.1. The Bertz CT molecular complexity index is 393. The van der Waals surface area contributed by atoms with Crippen molar-refractivity contribution in [3.05, 3.63) is 29.3 Å². The zero-order valence-electron chi connectivity index (χ0n) is 8.85. The molecular weight excluding hydrogens is 174 g/mol. The van der Waals surface area contributed by atoms with Gasteiger partial charge in [-0.05, 0) is 30.2 Å². The lowest BCUT2D eigenvalue weighted by Gasteiger charge is -2.12. The van der Waals surface area contributed by atoms with Gasteiger partial charge in [-0.2, -0.15) is 0 Å². The van der Waals surface area contributed by atoms with E-state index in [0.717, 1.165) is 17.7 Å². The molecule has 1 aromatic rings. The lowest BCUT2D eigenvalue weighted by molar-refractivity contribution is 0.0863. The summed E-state index contributed by atoms with van der Waals surface area (Å²) in [7, 11) is 1.89. The van der Waals surface area contributed by atoms with E-state index < -0.39 is 0 Å². The zero-order chi connectivity index (χ0) is 10.3. The monoisotopic (exact) mass is 189 g/mol. The van der Waals surface area contributed by atoms with Crippen LogP contribution in [0.2, 0.25) is 0 Å². The first-order chi connectivity index (χ1) is 6.54. The zero-order valence-corrected chi connectivity index (χ0v) is 8.85. The molecule has 0 bridgehead atoms. The minimum absolute atomic E-state index is 0.214. The Hall–Kier alpha value is -1.31. The van der Waals surface area contributed by atoms with Gasteiger partial charge in [0.05, 0.1) is 0 Å². The second-order valence-corrected chi connectivity index (χ2v) is 4.51. The smallest absolute Gasteiger partial charge is 0.169 e. The molecule has 0 radical (unpaired) electrons. The Morgan fingerprint density at radius 1 is 1.36 bits per heavy atom. The van der Waals surface area contributed by atoms with E-state index in [1.807, 2.05) is 33.0 Å². The molecule has 0 unspecified atom stereocenters. The van der Waals surface area contributed by atoms with Crippen molar-refractivity contribution in [1.29, 1.82) is 0 Å². The third-order valence-corrected chi connectivity index (χ3v) is 2.89. The fraction of sp³-hybridized carbons (Fsp3) is 0.417. The molecule has 0 spiro atoms. The Labute approximate surface area is 84.3 Å². The van der Waals surface area contributed by atoms with E-state index in [9.17, 15) is 4.79 Å². The van der Waals surface area contributed by atoms with Crippen LogP contribution in [0.5, 0.6) is 0 Å². The first-order valence-electron chi connectivity index (χ1n) is 4.90. The Kier molecular flexibility index (Phi) is 1.88. The highest BCUT2D eigenvalue weighted by Gasteiger charge is 2.37. The molecular formula is C12H15NO. The Morgan fingerprint density at radius 3 is 2.71 bits per heavy atom. The van der Waals surface area contributed by atoms with Gasteiger partial charge in [-0.3, -0.25) is 4.79 Å². The number of hydrogen-bond acceptors (Lipinski definition) is 2. The van der Waals surface area contributed by atoms with E-state index >= 15 is 0 Å². The lowest BCUT2D eigenvalue weighted by atomic mass is 9.89. The van der Waals surface area contributed by atoms with Gasteiger partial charge >= 0.3 is 0 Å². The van der Waals surface area contributed by atoms with Crippen LogP contribution in [0, 0.1) is 5.41 Å². The number of fused-ring (bicyclic) bond motifs is 1. The van der Waals surface area contributed by atoms with Crippen molar-refractivity contribution in [3.63, 3.8) is 0 Å². The van der Waals surface area contributed by atoms with Crippen molar-refractivity contribution >= 4 is 11.5 Å². The van der Waals surface area contributed by atoms with E-state index in [1.165, 1.54) is 5.56 Å². The molecule has 74 valence electrons. The summed E-state index contributed by atoms with van der Waals surface area (Å²) in [5, 5.41) is 3.09. The van der Waals surface area contributed by atoms with Crippen LogP contribution < -0.4 is 5.32 Å². The average Bonchev–Trinajstić information content (AvgIpc) is 2.37. The highest BCUT2D eigenvalue weighted by molar-refractivity contribution is 6.04. The second kappa shape index (κ2) is 2.84. The maximum absolute atomic E-state index is 11.9. The first-order valence-corrected chi connectivity index (χ1v) is 4.90. The molecule has 0 amide bonds. The highest BCUT2D eigenvalue weighted by Crippen LogP contribution is 2.37. The molecule has 0 atom stereocenters. The van der Waals surface area contributed by atoms with Gasteiger partial charge in [0, 0.05) is 23.7 Å². The van der Waals surface area contributed by atoms with Gasteiger partial charge in [0.15, 0.2) is 5.78 Å². The predicted octanol–water partition coefficient (Wildman–Crippen LogP) is 2.49. The minimum Gasteiger partial charge on any atom is -0.388 e. The van der Waals surface area contributed by atoms with E-state index in [1.54, 1.807) is 0 Å². The fourth-order valence-corrected chi connectivity index (χ4v) is 2.04. The maximum atomic E-state index is 11.9. The summed E-state index contributed by atoms with van der Waals surface area (Å²) in [6, 6.07) is 5.96. The molecule has 1 aliphatic carbocycles. The van der Waals surface area contributed by atoms with Crippen LogP contribution in [-0.2, 0) is 6.42 Å². The number of benzene rings is 1. The van der Waals surface area contributed by atoms with Crippen molar-refractivity contribution in [1.82, 2.24) is 0 Å². The molecule has 1 aliphatic rings. The summed E-state index contributed by atoms with van der Waals surface area (Å²) in [6.45, 7) is 4.02. The summed E-state index contributed by atoms with van der Waals surface area (Å²) < 4.78 is 0. The van der Waals surface area contributed by atoms with Crippen molar-refractivity contribution in [2.45, 2.75) is 20.3 Å². The number of rotatable bonds is 1. The largest absolute Gasteiger partial charge is 0.388 e. The number of nitrogens with one attached hydrogen (secondary N) is 1. The number of ketones is 1. The molecule has 0 saturated carbocycles. The molecule has 0 fully saturated rings. The van der Waals surface area contributed by atoms with E-state index in [-0.39, 0.29) is 11.2 Å². The molecule has 1 N–H and O–H groups in total. The van der Waals surface area contributed by atoms with Gasteiger partial charge < -0.3 is 5.32 Å². The van der Waals surface area contributed by atoms with E-state index in [0.29, 0.717) is 0 Å². The highest BCUT2D eigenvalue weighted by atomic mass is 16.1. The summed E-state index contributed by atoms with van der Waals surface area (Å²) in [4.78, 5) is 11.9. The number of hydrogen-bond donors (Lipinski definition) is 1. The molecule has 0 heterocycles. The third kappa shape index (κ3) is 1.22. The topological polar surface area (TPSA) is 29.1 Å². The molecule has 2 heteroatoms. The minimum atomic E-state index is -0.214. The van der Waals surface area contributed by atoms with E-state index in [2.05, 4.69) is 11.4 Å². The SMILES string of the molecule is CNc1ccc2c(c1)CC(C)(C)C2=O. The van der Waals surface area contributed by atoms with Crippen LogP contribution in [0.4, 0.5) is 5.69 Å². The van der Waals surface area contributed by atoms with E-state index in [4.69, 9.17) is 0 Å². The summed E-state index contributed by atoms with van der Waals surface area (Å²) in [5.74, 6) is 0.273. The molecule has 0 saturated heterocycles. The van der Waals surface area contributed by atoms with Crippen molar-refractivity contribution in [2.75, 3.05) is 12.4 Å². The average molecular weight is 189 g/mol. The molecule has 0 aliphatic heterocycles. The van der Waals surface area contributed by atoms with Gasteiger partial charge in [-0.25, -0.2) is 0 Å². The van der Waals surface area contributed by atoms with Crippen molar-refractivity contribution in [2.24, 2.45) is 5.41 Å². The van der Waals surface area contributed by atoms with Gasteiger partial charge in [-0.15, -0.1) is 0 Å². The standard InChI is InChI=1S/C12H15NO/c1-12(2)7-8-6-9(13-3)4-5-10(8)11(12)14/h4-6,13H,7H2,1-3H3. The molecule has 2 nitrogen and oxygen atoms in total. The first kappa shape index (κ1) is 9.25. The van der Waals surface area contributed by atoms with Gasteiger partial charge in [0.25, 0.3) is 0 Å². The van der Waals surface area contributed by atoms with Crippen LogP contribution in [0.3, 0.4) is 0 Å². The van der Waals surface area contributed by atoms with Crippen LogP contribution in [-0.4, -0.2) is 12.8 Å². The van der Waals surface area contributed by atoms with Crippen LogP contribution >= 0.6 is 0 Å². The van der Waals surface area contributed by atoms with Crippen LogP contribution in [0.25, 0.3) is 0 Å². The Morgan fingerprint density at radius 2 is 2.07 bits per heavy atom. The maximum Gasteiger partial charge on any atom is 0.169 e.